The van der Waals surface area contributed by atoms with Crippen LogP contribution in [0.2, 0.25) is 0 Å². The molecule has 1 aromatic carbocycles. The highest BCUT2D eigenvalue weighted by Crippen LogP contribution is 2.29. The fourth-order valence-corrected chi connectivity index (χ4v) is 2.31. The maximum atomic E-state index is 5.15. The van der Waals surface area contributed by atoms with Gasteiger partial charge in [-0.2, -0.15) is 0 Å². The molecule has 1 heterocycles. The highest BCUT2D eigenvalue weighted by molar-refractivity contribution is 9.10. The molecule has 6 heteroatoms. The summed E-state index contributed by atoms with van der Waals surface area (Å²) in [4.78, 5) is 8.51. The smallest absolute Gasteiger partial charge is 0.150 e. The Morgan fingerprint density at radius 2 is 2.05 bits per heavy atom. The first-order valence-corrected chi connectivity index (χ1v) is 7.63. The number of rotatable bonds is 7. The van der Waals surface area contributed by atoms with Gasteiger partial charge in [0.1, 0.15) is 22.4 Å². The quantitative estimate of drug-likeness (QED) is 0.791. The van der Waals surface area contributed by atoms with Crippen molar-refractivity contribution in [3.8, 4) is 0 Å². The van der Waals surface area contributed by atoms with Crippen molar-refractivity contribution in [3.05, 3.63) is 40.6 Å². The average Bonchev–Trinajstić information content (AvgIpc) is 2.49. The minimum absolute atomic E-state index is 0.587. The van der Waals surface area contributed by atoms with Crippen LogP contribution in [0.5, 0.6) is 0 Å². The van der Waals surface area contributed by atoms with Gasteiger partial charge < -0.3 is 15.4 Å². The van der Waals surface area contributed by atoms with E-state index in [0.717, 1.165) is 40.3 Å². The Morgan fingerprint density at radius 3 is 2.81 bits per heavy atom. The van der Waals surface area contributed by atoms with E-state index in [1.165, 1.54) is 0 Å². The van der Waals surface area contributed by atoms with Crippen LogP contribution < -0.4 is 10.6 Å². The Balaban J connectivity index is 2.17. The molecule has 1 aromatic heterocycles. The van der Waals surface area contributed by atoms with E-state index < -0.39 is 0 Å². The van der Waals surface area contributed by atoms with Gasteiger partial charge in [0.15, 0.2) is 0 Å². The second-order valence-corrected chi connectivity index (χ2v) is 5.36. The lowest BCUT2D eigenvalue weighted by atomic mass is 10.2. The van der Waals surface area contributed by atoms with E-state index in [2.05, 4.69) is 43.5 Å². The topological polar surface area (TPSA) is 59.1 Å². The van der Waals surface area contributed by atoms with Crippen molar-refractivity contribution in [2.24, 2.45) is 0 Å². The Bertz CT molecular complexity index is 592. The zero-order chi connectivity index (χ0) is 15.1. The molecule has 5 nitrogen and oxygen atoms in total. The van der Waals surface area contributed by atoms with Crippen molar-refractivity contribution in [2.75, 3.05) is 24.3 Å². The molecule has 0 spiro atoms. The second-order valence-electron chi connectivity index (χ2n) is 4.57. The molecule has 0 aliphatic rings. The zero-order valence-electron chi connectivity index (χ0n) is 12.2. The van der Waals surface area contributed by atoms with Crippen LogP contribution >= 0.6 is 15.9 Å². The van der Waals surface area contributed by atoms with E-state index in [9.17, 15) is 0 Å². The van der Waals surface area contributed by atoms with E-state index in [4.69, 9.17) is 4.74 Å². The summed E-state index contributed by atoms with van der Waals surface area (Å²) < 4.78 is 5.98. The summed E-state index contributed by atoms with van der Waals surface area (Å²) in [5, 5.41) is 6.56. The fraction of sp³-hybridized carbons (Fsp3) is 0.333. The number of benzene rings is 1. The molecule has 0 fully saturated rings. The van der Waals surface area contributed by atoms with Gasteiger partial charge in [0.2, 0.25) is 0 Å². The van der Waals surface area contributed by atoms with Crippen molar-refractivity contribution in [1.82, 2.24) is 9.97 Å². The molecule has 21 heavy (non-hydrogen) atoms. The number of ether oxygens (including phenoxy) is 1. The summed E-state index contributed by atoms with van der Waals surface area (Å²) in [6.07, 6.45) is 2.59. The molecule has 0 saturated heterocycles. The number of methoxy groups -OCH3 is 1. The highest BCUT2D eigenvalue weighted by Gasteiger charge is 2.08. The van der Waals surface area contributed by atoms with Gasteiger partial charge in [0.05, 0.1) is 6.61 Å². The van der Waals surface area contributed by atoms with Crippen LogP contribution in [0.4, 0.5) is 17.3 Å². The lowest BCUT2D eigenvalue weighted by Crippen LogP contribution is -2.05. The lowest BCUT2D eigenvalue weighted by Gasteiger charge is -2.12. The Labute approximate surface area is 133 Å². The maximum Gasteiger partial charge on any atom is 0.150 e. The second kappa shape index (κ2) is 7.95. The average molecular weight is 351 g/mol. The maximum absolute atomic E-state index is 5.15. The molecule has 0 aliphatic heterocycles. The van der Waals surface area contributed by atoms with Crippen molar-refractivity contribution >= 4 is 33.3 Å². The first-order chi connectivity index (χ1) is 10.2. The number of anilines is 3. The van der Waals surface area contributed by atoms with Crippen molar-refractivity contribution in [2.45, 2.75) is 20.0 Å². The predicted molar refractivity (Wildman–Crippen MR) is 89.0 cm³/mol. The van der Waals surface area contributed by atoms with Crippen LogP contribution in [0.3, 0.4) is 0 Å². The van der Waals surface area contributed by atoms with E-state index in [0.29, 0.717) is 6.61 Å². The number of halogens is 1. The van der Waals surface area contributed by atoms with Gasteiger partial charge in [-0.05, 0) is 40.0 Å². The number of nitrogens with zero attached hydrogens (tertiary/aromatic N) is 2. The molecule has 0 aliphatic carbocycles. The number of hydrogen-bond donors (Lipinski definition) is 2. The molecule has 2 aromatic rings. The summed E-state index contributed by atoms with van der Waals surface area (Å²) in [6.45, 7) is 3.57. The summed E-state index contributed by atoms with van der Waals surface area (Å²) >= 11 is 3.54. The van der Waals surface area contributed by atoms with Crippen LogP contribution in [0.15, 0.2) is 35.1 Å². The van der Waals surface area contributed by atoms with Gasteiger partial charge >= 0.3 is 0 Å². The van der Waals surface area contributed by atoms with E-state index >= 15 is 0 Å². The molecular formula is C15H19BrN4O. The number of nitrogens with one attached hydrogen (secondary N) is 2. The highest BCUT2D eigenvalue weighted by atomic mass is 79.9. The third-order valence-corrected chi connectivity index (χ3v) is 3.58. The molecule has 0 unspecified atom stereocenters. The summed E-state index contributed by atoms with van der Waals surface area (Å²) in [5.74, 6) is 1.53. The van der Waals surface area contributed by atoms with Crippen molar-refractivity contribution < 1.29 is 4.74 Å². The molecular weight excluding hydrogens is 332 g/mol. The Hall–Kier alpha value is -1.66. The first kappa shape index (κ1) is 15.7. The standard InChI is InChI=1S/C15H19BrN4O/c1-3-7-17-14-13(16)15(19-10-18-14)20-12-6-4-5-11(8-12)9-21-2/h4-6,8,10H,3,7,9H2,1-2H3,(H2,17,18,19,20). The molecule has 2 rings (SSSR count). The predicted octanol–water partition coefficient (Wildman–Crippen LogP) is 3.95. The minimum Gasteiger partial charge on any atom is -0.380 e. The van der Waals surface area contributed by atoms with Gasteiger partial charge in [-0.25, -0.2) is 9.97 Å². The minimum atomic E-state index is 0.587. The molecule has 0 bridgehead atoms. The van der Waals surface area contributed by atoms with Crippen LogP contribution in [-0.2, 0) is 11.3 Å². The van der Waals surface area contributed by atoms with Crippen molar-refractivity contribution in [1.29, 1.82) is 0 Å². The van der Waals surface area contributed by atoms with Gasteiger partial charge in [0, 0.05) is 19.3 Å². The Morgan fingerprint density at radius 1 is 1.24 bits per heavy atom. The third kappa shape index (κ3) is 4.41. The van der Waals surface area contributed by atoms with Crippen LogP contribution in [0.1, 0.15) is 18.9 Å². The monoisotopic (exact) mass is 350 g/mol. The zero-order valence-corrected chi connectivity index (χ0v) is 13.8. The number of aromatic nitrogens is 2. The van der Waals surface area contributed by atoms with Crippen LogP contribution in [0, 0.1) is 0 Å². The summed E-state index contributed by atoms with van der Waals surface area (Å²) in [6, 6.07) is 8.05. The summed E-state index contributed by atoms with van der Waals surface area (Å²) in [7, 11) is 1.69. The normalized spacial score (nSPS) is 10.4. The molecule has 2 N–H and O–H groups in total. The molecule has 0 atom stereocenters. The van der Waals surface area contributed by atoms with E-state index in [1.807, 2.05) is 24.3 Å². The molecule has 0 saturated carbocycles. The lowest BCUT2D eigenvalue weighted by molar-refractivity contribution is 0.185. The summed E-state index contributed by atoms with van der Waals surface area (Å²) in [5.41, 5.74) is 2.07. The largest absolute Gasteiger partial charge is 0.380 e. The van der Waals surface area contributed by atoms with Crippen LogP contribution in [-0.4, -0.2) is 23.6 Å². The first-order valence-electron chi connectivity index (χ1n) is 6.84. The van der Waals surface area contributed by atoms with Gasteiger partial charge in [-0.3, -0.25) is 0 Å². The van der Waals surface area contributed by atoms with E-state index in [1.54, 1.807) is 13.4 Å². The van der Waals surface area contributed by atoms with Crippen LogP contribution in [0.25, 0.3) is 0 Å². The Kier molecular flexibility index (Phi) is 5.95. The van der Waals surface area contributed by atoms with Gasteiger partial charge in [-0.1, -0.05) is 19.1 Å². The van der Waals surface area contributed by atoms with Gasteiger partial charge in [-0.15, -0.1) is 0 Å². The third-order valence-electron chi connectivity index (χ3n) is 2.83. The number of hydrogen-bond acceptors (Lipinski definition) is 5. The van der Waals surface area contributed by atoms with Gasteiger partial charge in [0.25, 0.3) is 0 Å². The SMILES string of the molecule is CCCNc1ncnc(Nc2cccc(COC)c2)c1Br. The van der Waals surface area contributed by atoms with Crippen molar-refractivity contribution in [3.63, 3.8) is 0 Å². The molecule has 112 valence electrons. The van der Waals surface area contributed by atoms with E-state index in [-0.39, 0.29) is 0 Å². The molecule has 0 amide bonds. The fourth-order valence-electron chi connectivity index (χ4n) is 1.87. The molecule has 0 radical (unpaired) electrons.